The van der Waals surface area contributed by atoms with Crippen molar-refractivity contribution < 1.29 is 14.3 Å². The highest BCUT2D eigenvalue weighted by atomic mass is 35.5. The zero-order valence-electron chi connectivity index (χ0n) is 16.9. The number of benzene rings is 2. The highest BCUT2D eigenvalue weighted by molar-refractivity contribution is 6.31. The fourth-order valence-corrected chi connectivity index (χ4v) is 3.35. The number of hydrogen-bond acceptors (Lipinski definition) is 6. The van der Waals surface area contributed by atoms with E-state index in [1.165, 1.54) is 24.1 Å². The van der Waals surface area contributed by atoms with E-state index in [-0.39, 0.29) is 23.8 Å². The molecule has 0 aliphatic rings. The molecule has 0 saturated heterocycles. The minimum absolute atomic E-state index is 0.0571. The van der Waals surface area contributed by atoms with E-state index in [2.05, 4.69) is 20.8 Å². The zero-order valence-corrected chi connectivity index (χ0v) is 17.7. The molecule has 2 aromatic carbocycles. The van der Waals surface area contributed by atoms with Crippen LogP contribution in [0.15, 0.2) is 67.1 Å². The van der Waals surface area contributed by atoms with Crippen molar-refractivity contribution in [2.24, 2.45) is 0 Å². The summed E-state index contributed by atoms with van der Waals surface area (Å²) in [5.41, 5.74) is 3.28. The van der Waals surface area contributed by atoms with E-state index < -0.39 is 0 Å². The van der Waals surface area contributed by atoms with Gasteiger partial charge in [-0.25, -0.2) is 0 Å². The fourth-order valence-electron chi connectivity index (χ4n) is 3.18. The SMILES string of the molecule is CC(=O)c1ccc(NC(=O)Cc2ccc(-c3cc(Cl)ccc3-n3cnnn3)c[n+]2[O-])cc1. The van der Waals surface area contributed by atoms with E-state index in [4.69, 9.17) is 11.6 Å². The van der Waals surface area contributed by atoms with Gasteiger partial charge in [0, 0.05) is 33.5 Å². The normalized spacial score (nSPS) is 10.7. The predicted molar refractivity (Wildman–Crippen MR) is 117 cm³/mol. The third-order valence-electron chi connectivity index (χ3n) is 4.78. The molecule has 0 aliphatic carbocycles. The molecule has 9 nitrogen and oxygen atoms in total. The molecule has 10 heteroatoms. The summed E-state index contributed by atoms with van der Waals surface area (Å²) < 4.78 is 2.12. The van der Waals surface area contributed by atoms with Gasteiger partial charge in [-0.05, 0) is 65.9 Å². The number of aromatic nitrogens is 5. The fraction of sp³-hybridized carbons (Fsp3) is 0.0909. The van der Waals surface area contributed by atoms with Crippen LogP contribution in [0.25, 0.3) is 16.8 Å². The summed E-state index contributed by atoms with van der Waals surface area (Å²) in [5.74, 6) is -0.409. The second kappa shape index (κ2) is 8.94. The predicted octanol–water partition coefficient (Wildman–Crippen LogP) is 3.00. The van der Waals surface area contributed by atoms with Crippen LogP contribution in [0.1, 0.15) is 23.0 Å². The number of pyridine rings is 1. The third-order valence-corrected chi connectivity index (χ3v) is 5.01. The number of carbonyl (C=O) groups excluding carboxylic acids is 2. The second-order valence-corrected chi connectivity index (χ2v) is 7.45. The van der Waals surface area contributed by atoms with Crippen molar-refractivity contribution in [1.29, 1.82) is 0 Å². The van der Waals surface area contributed by atoms with Crippen LogP contribution in [0.4, 0.5) is 5.69 Å². The number of tetrazole rings is 1. The highest BCUT2D eigenvalue weighted by Crippen LogP contribution is 2.28. The summed E-state index contributed by atoms with van der Waals surface area (Å²) in [4.78, 5) is 23.7. The lowest BCUT2D eigenvalue weighted by molar-refractivity contribution is -0.612. The van der Waals surface area contributed by atoms with Crippen LogP contribution in [0, 0.1) is 5.21 Å². The van der Waals surface area contributed by atoms with Gasteiger partial charge in [0.15, 0.2) is 12.0 Å². The smallest absolute Gasteiger partial charge is 0.235 e. The van der Waals surface area contributed by atoms with Crippen LogP contribution in [0.3, 0.4) is 0 Å². The van der Waals surface area contributed by atoms with Gasteiger partial charge in [0.05, 0.1) is 5.69 Å². The molecule has 2 heterocycles. The number of anilines is 1. The summed E-state index contributed by atoms with van der Waals surface area (Å²) in [6.07, 6.45) is 2.71. The van der Waals surface area contributed by atoms with Gasteiger partial charge in [-0.3, -0.25) is 9.59 Å². The Balaban J connectivity index is 1.54. The molecule has 0 aliphatic heterocycles. The van der Waals surface area contributed by atoms with E-state index in [1.807, 2.05) is 0 Å². The number of nitrogens with one attached hydrogen (secondary N) is 1. The van der Waals surface area contributed by atoms with Gasteiger partial charge in [0.1, 0.15) is 12.7 Å². The number of nitrogens with zero attached hydrogens (tertiary/aromatic N) is 5. The second-order valence-electron chi connectivity index (χ2n) is 7.01. The molecule has 0 bridgehead atoms. The monoisotopic (exact) mass is 448 g/mol. The zero-order chi connectivity index (χ0) is 22.7. The van der Waals surface area contributed by atoms with Crippen LogP contribution in [0.5, 0.6) is 0 Å². The number of hydrogen-bond donors (Lipinski definition) is 1. The van der Waals surface area contributed by atoms with Crippen molar-refractivity contribution in [3.05, 3.63) is 88.6 Å². The van der Waals surface area contributed by atoms with Crippen LogP contribution < -0.4 is 10.0 Å². The molecule has 2 aromatic heterocycles. The maximum Gasteiger partial charge on any atom is 0.235 e. The van der Waals surface area contributed by atoms with Crippen molar-refractivity contribution in [1.82, 2.24) is 20.2 Å². The average Bonchev–Trinajstić information content (AvgIpc) is 3.30. The van der Waals surface area contributed by atoms with Crippen LogP contribution >= 0.6 is 11.6 Å². The molecule has 4 aromatic rings. The van der Waals surface area contributed by atoms with E-state index in [9.17, 15) is 14.8 Å². The Labute approximate surface area is 187 Å². The summed E-state index contributed by atoms with van der Waals surface area (Å²) in [6.45, 7) is 1.47. The molecule has 0 saturated carbocycles. The lowest BCUT2D eigenvalue weighted by Gasteiger charge is -2.11. The summed E-state index contributed by atoms with van der Waals surface area (Å²) in [5, 5.41) is 27.0. The van der Waals surface area contributed by atoms with Crippen LogP contribution in [-0.4, -0.2) is 31.9 Å². The molecular weight excluding hydrogens is 432 g/mol. The standard InChI is InChI=1S/C22H17ClN6O3/c1-14(30)15-2-6-18(7-3-15)25-22(31)11-19-8-4-16(12-29(19)32)20-10-17(23)5-9-21(20)28-13-24-26-27-28/h2-10,12-13H,11H2,1H3,(H,25,31). The Morgan fingerprint density at radius 3 is 2.56 bits per heavy atom. The van der Waals surface area contributed by atoms with Gasteiger partial charge >= 0.3 is 0 Å². The van der Waals surface area contributed by atoms with Crippen molar-refractivity contribution >= 4 is 29.0 Å². The number of carbonyl (C=O) groups is 2. The van der Waals surface area contributed by atoms with Crippen molar-refractivity contribution in [2.75, 3.05) is 5.32 Å². The first-order valence-electron chi connectivity index (χ1n) is 9.57. The average molecular weight is 449 g/mol. The van der Waals surface area contributed by atoms with Gasteiger partial charge in [-0.2, -0.15) is 9.41 Å². The maximum absolute atomic E-state index is 12.6. The molecule has 1 N–H and O–H groups in total. The first kappa shape index (κ1) is 21.1. The van der Waals surface area contributed by atoms with E-state index in [0.717, 1.165) is 0 Å². The summed E-state index contributed by atoms with van der Waals surface area (Å²) in [6, 6.07) is 15.0. The minimum atomic E-state index is -0.352. The Morgan fingerprint density at radius 2 is 1.91 bits per heavy atom. The van der Waals surface area contributed by atoms with Crippen molar-refractivity contribution in [3.8, 4) is 16.8 Å². The van der Waals surface area contributed by atoms with Gasteiger partial charge in [0.2, 0.25) is 11.6 Å². The van der Waals surface area contributed by atoms with E-state index in [0.29, 0.717) is 37.8 Å². The highest BCUT2D eigenvalue weighted by Gasteiger charge is 2.16. The van der Waals surface area contributed by atoms with Crippen molar-refractivity contribution in [2.45, 2.75) is 13.3 Å². The molecular formula is C22H17ClN6O3. The topological polar surface area (TPSA) is 117 Å². The van der Waals surface area contributed by atoms with Crippen LogP contribution in [-0.2, 0) is 11.2 Å². The number of ketones is 1. The molecule has 0 fully saturated rings. The quantitative estimate of drug-likeness (QED) is 0.275. The summed E-state index contributed by atoms with van der Waals surface area (Å²) in [7, 11) is 0. The van der Waals surface area contributed by atoms with Crippen molar-refractivity contribution in [3.63, 3.8) is 0 Å². The summed E-state index contributed by atoms with van der Waals surface area (Å²) >= 11 is 6.15. The molecule has 4 rings (SSSR count). The minimum Gasteiger partial charge on any atom is -0.618 e. The molecule has 32 heavy (non-hydrogen) atoms. The van der Waals surface area contributed by atoms with E-state index >= 15 is 0 Å². The molecule has 0 radical (unpaired) electrons. The Hall–Kier alpha value is -4.11. The molecule has 0 unspecified atom stereocenters. The van der Waals surface area contributed by atoms with Gasteiger partial charge in [-0.15, -0.1) is 5.10 Å². The van der Waals surface area contributed by atoms with Gasteiger partial charge in [0.25, 0.3) is 0 Å². The molecule has 1 amide bonds. The largest absolute Gasteiger partial charge is 0.618 e. The Bertz CT molecular complexity index is 1290. The first-order chi connectivity index (χ1) is 15.4. The molecule has 0 spiro atoms. The lowest BCUT2D eigenvalue weighted by atomic mass is 10.0. The number of amides is 1. The van der Waals surface area contributed by atoms with E-state index in [1.54, 1.807) is 54.6 Å². The Morgan fingerprint density at radius 1 is 1.12 bits per heavy atom. The first-order valence-corrected chi connectivity index (χ1v) is 9.95. The van der Waals surface area contributed by atoms with Crippen LogP contribution in [0.2, 0.25) is 5.02 Å². The number of Topliss-reactive ketones (excluding diaryl/α,β-unsaturated/α-hetero) is 1. The van der Waals surface area contributed by atoms with Gasteiger partial charge in [-0.1, -0.05) is 11.6 Å². The lowest BCUT2D eigenvalue weighted by Crippen LogP contribution is -2.34. The maximum atomic E-state index is 12.6. The number of rotatable bonds is 6. The third kappa shape index (κ3) is 4.62. The van der Waals surface area contributed by atoms with Gasteiger partial charge < -0.3 is 10.5 Å². The Kier molecular flexibility index (Phi) is 5.91. The molecule has 0 atom stereocenters. The number of halogens is 1. The molecule has 160 valence electrons.